The Morgan fingerprint density at radius 2 is 1.92 bits per heavy atom. The van der Waals surface area contributed by atoms with Crippen molar-refractivity contribution in [3.8, 4) is 11.5 Å². The number of nitrogens with one attached hydrogen (secondary N) is 1. The van der Waals surface area contributed by atoms with Gasteiger partial charge in [-0.15, -0.1) is 0 Å². The van der Waals surface area contributed by atoms with E-state index in [1.807, 2.05) is 20.8 Å². The number of allylic oxidation sites excluding steroid dienone is 1. The molecule has 3 N–H and O–H groups in total. The zero-order valence-electron chi connectivity index (χ0n) is 20.8. The van der Waals surface area contributed by atoms with Gasteiger partial charge in [-0.3, -0.25) is 14.8 Å². The maximum absolute atomic E-state index is 14.9. The van der Waals surface area contributed by atoms with Crippen molar-refractivity contribution in [1.82, 2.24) is 10.3 Å². The fraction of sp³-hybridized carbons (Fsp3) is 0.269. The van der Waals surface area contributed by atoms with Crippen LogP contribution >= 0.6 is 0 Å². The first-order chi connectivity index (χ1) is 16.8. The van der Waals surface area contributed by atoms with Gasteiger partial charge >= 0.3 is 0 Å². The smallest absolute Gasteiger partial charge is 0.228 e. The molecule has 1 amide bonds. The van der Waals surface area contributed by atoms with E-state index < -0.39 is 21.6 Å². The third kappa shape index (κ3) is 6.88. The summed E-state index contributed by atoms with van der Waals surface area (Å²) in [5.74, 6) is -0.516. The maximum Gasteiger partial charge on any atom is 0.228 e. The number of hydrogen-bond donors (Lipinski definition) is 2. The number of rotatable bonds is 7. The predicted molar refractivity (Wildman–Crippen MR) is 138 cm³/mol. The van der Waals surface area contributed by atoms with Gasteiger partial charge in [-0.1, -0.05) is 0 Å². The van der Waals surface area contributed by atoms with E-state index in [4.69, 9.17) is 10.5 Å². The number of sulfone groups is 1. The molecule has 3 rings (SSSR count). The normalized spacial score (nSPS) is 12.8. The van der Waals surface area contributed by atoms with Crippen LogP contribution in [0.4, 0.5) is 4.39 Å². The van der Waals surface area contributed by atoms with Crippen molar-refractivity contribution >= 4 is 32.9 Å². The minimum atomic E-state index is -3.44. The van der Waals surface area contributed by atoms with Gasteiger partial charge in [-0.25, -0.2) is 12.8 Å². The molecule has 190 valence electrons. The van der Waals surface area contributed by atoms with E-state index >= 15 is 0 Å². The van der Waals surface area contributed by atoms with E-state index in [-0.39, 0.29) is 28.2 Å². The number of fused-ring (bicyclic) bond motifs is 1. The zero-order valence-corrected chi connectivity index (χ0v) is 21.6. The number of hydrogen-bond acceptors (Lipinski definition) is 7. The summed E-state index contributed by atoms with van der Waals surface area (Å²) in [6.45, 7) is 7.44. The number of benzene rings is 2. The highest BCUT2D eigenvalue weighted by Crippen LogP contribution is 2.33. The van der Waals surface area contributed by atoms with Crippen LogP contribution in [0, 0.1) is 12.7 Å². The maximum atomic E-state index is 14.9. The number of nitrogens with zero attached hydrogens (tertiary/aromatic N) is 2. The van der Waals surface area contributed by atoms with Crippen LogP contribution in [0.2, 0.25) is 0 Å². The molecule has 0 bridgehead atoms. The zero-order chi connectivity index (χ0) is 26.7. The molecule has 2 aromatic carbocycles. The lowest BCUT2D eigenvalue weighted by atomic mass is 10.1. The highest BCUT2D eigenvalue weighted by Gasteiger charge is 2.16. The molecule has 0 spiro atoms. The molecule has 0 saturated carbocycles. The molecule has 0 aliphatic rings. The first kappa shape index (κ1) is 26.8. The van der Waals surface area contributed by atoms with Crippen molar-refractivity contribution in [1.29, 1.82) is 0 Å². The minimum Gasteiger partial charge on any atom is -0.456 e. The highest BCUT2D eigenvalue weighted by atomic mass is 32.2. The lowest BCUT2D eigenvalue weighted by Crippen LogP contribution is -2.27. The SMILES string of the molecule is Cc1cc(CC(=O)N/C(C=NC(C)(C)C)=C/N)c(F)cc1Oc1ccnc2ccc(S(C)(=O)=O)cc12. The second-order valence-electron chi connectivity index (χ2n) is 9.35. The van der Waals surface area contributed by atoms with Crippen LogP contribution in [0.25, 0.3) is 10.9 Å². The summed E-state index contributed by atoms with van der Waals surface area (Å²) in [5.41, 5.74) is 6.84. The monoisotopic (exact) mass is 512 g/mol. The molecule has 0 aliphatic carbocycles. The Hall–Kier alpha value is -3.79. The summed E-state index contributed by atoms with van der Waals surface area (Å²) in [6.07, 6.45) is 5.10. The predicted octanol–water partition coefficient (Wildman–Crippen LogP) is 4.21. The van der Waals surface area contributed by atoms with Gasteiger partial charge in [-0.2, -0.15) is 0 Å². The third-order valence-corrected chi connectivity index (χ3v) is 6.18. The molecule has 8 nitrogen and oxygen atoms in total. The summed E-state index contributed by atoms with van der Waals surface area (Å²) in [4.78, 5) is 21.1. The van der Waals surface area contributed by atoms with Crippen molar-refractivity contribution in [2.24, 2.45) is 10.7 Å². The van der Waals surface area contributed by atoms with Crippen LogP contribution in [0.1, 0.15) is 31.9 Å². The number of ether oxygens (including phenoxy) is 1. The first-order valence-electron chi connectivity index (χ1n) is 11.1. The fourth-order valence-electron chi connectivity index (χ4n) is 3.27. The number of aryl methyl sites for hydroxylation is 1. The Morgan fingerprint density at radius 3 is 2.56 bits per heavy atom. The van der Waals surface area contributed by atoms with Crippen molar-refractivity contribution in [2.75, 3.05) is 6.26 Å². The number of aromatic nitrogens is 1. The molecule has 0 aliphatic heterocycles. The van der Waals surface area contributed by atoms with Crippen LogP contribution < -0.4 is 15.8 Å². The van der Waals surface area contributed by atoms with E-state index in [0.29, 0.717) is 27.9 Å². The minimum absolute atomic E-state index is 0.121. The molecule has 1 aromatic heterocycles. The van der Waals surface area contributed by atoms with E-state index in [0.717, 1.165) is 6.26 Å². The molecule has 0 radical (unpaired) electrons. The number of nitrogens with two attached hydrogens (primary N) is 1. The molecule has 0 atom stereocenters. The topological polar surface area (TPSA) is 124 Å². The first-order valence-corrected chi connectivity index (χ1v) is 13.0. The van der Waals surface area contributed by atoms with Crippen molar-refractivity contribution in [3.63, 3.8) is 0 Å². The van der Waals surface area contributed by atoms with Crippen molar-refractivity contribution in [3.05, 3.63) is 71.4 Å². The molecule has 36 heavy (non-hydrogen) atoms. The van der Waals surface area contributed by atoms with E-state index in [2.05, 4.69) is 15.3 Å². The van der Waals surface area contributed by atoms with Gasteiger partial charge in [0.25, 0.3) is 0 Å². The molecule has 0 saturated heterocycles. The Labute approximate surface area is 210 Å². The van der Waals surface area contributed by atoms with Crippen LogP contribution in [0.15, 0.2) is 64.4 Å². The van der Waals surface area contributed by atoms with Gasteiger partial charge in [-0.05, 0) is 69.2 Å². The van der Waals surface area contributed by atoms with Crippen molar-refractivity contribution < 1.29 is 22.3 Å². The highest BCUT2D eigenvalue weighted by molar-refractivity contribution is 7.90. The fourth-order valence-corrected chi connectivity index (χ4v) is 3.91. The number of aliphatic imine (C=N–C) groups is 1. The number of halogens is 1. The standard InChI is InChI=1S/C26H29FN4O4S/c1-16-10-17(11-25(32)31-18(14-28)15-30-26(2,3)4)21(27)13-24(16)35-23-8-9-29-22-7-6-19(12-20(22)23)36(5,33)34/h6-10,12-15H,11,28H2,1-5H3,(H,31,32)/b18-14+,30-15?. The molecule has 1 heterocycles. The Kier molecular flexibility index (Phi) is 7.78. The van der Waals surface area contributed by atoms with Gasteiger partial charge in [0.2, 0.25) is 5.91 Å². The lowest BCUT2D eigenvalue weighted by Gasteiger charge is -2.14. The third-order valence-electron chi connectivity index (χ3n) is 5.07. The van der Waals surface area contributed by atoms with Gasteiger partial charge in [0.15, 0.2) is 9.84 Å². The second kappa shape index (κ2) is 10.4. The summed E-state index contributed by atoms with van der Waals surface area (Å²) >= 11 is 0. The van der Waals surface area contributed by atoms with E-state index in [1.165, 1.54) is 42.9 Å². The molecular formula is C26H29FN4O4S. The van der Waals surface area contributed by atoms with Gasteiger partial charge in [0.1, 0.15) is 17.3 Å². The van der Waals surface area contributed by atoms with Crippen LogP contribution in [0.3, 0.4) is 0 Å². The Balaban J connectivity index is 1.83. The number of amides is 1. The van der Waals surface area contributed by atoms with Crippen LogP contribution in [0.5, 0.6) is 11.5 Å². The van der Waals surface area contributed by atoms with Crippen LogP contribution in [-0.2, 0) is 21.1 Å². The van der Waals surface area contributed by atoms with Crippen molar-refractivity contribution in [2.45, 2.75) is 44.6 Å². The molecule has 0 fully saturated rings. The molecule has 3 aromatic rings. The van der Waals surface area contributed by atoms with Crippen LogP contribution in [-0.4, -0.2) is 37.3 Å². The average molecular weight is 513 g/mol. The molecule has 10 heteroatoms. The quantitative estimate of drug-likeness (QED) is 0.457. The van der Waals surface area contributed by atoms with E-state index in [1.54, 1.807) is 19.1 Å². The van der Waals surface area contributed by atoms with Gasteiger partial charge in [0, 0.05) is 36.3 Å². The Morgan fingerprint density at radius 1 is 1.19 bits per heavy atom. The molecule has 0 unspecified atom stereocenters. The summed E-state index contributed by atoms with van der Waals surface area (Å²) < 4.78 is 44.8. The summed E-state index contributed by atoms with van der Waals surface area (Å²) in [7, 11) is -3.44. The molecular weight excluding hydrogens is 483 g/mol. The number of carbonyl (C=O) groups is 1. The largest absolute Gasteiger partial charge is 0.456 e. The second-order valence-corrected chi connectivity index (χ2v) is 11.4. The number of carbonyl (C=O) groups excluding carboxylic acids is 1. The van der Waals surface area contributed by atoms with Gasteiger partial charge in [0.05, 0.1) is 28.1 Å². The van der Waals surface area contributed by atoms with Gasteiger partial charge < -0.3 is 15.8 Å². The van der Waals surface area contributed by atoms with E-state index in [9.17, 15) is 17.6 Å². The Bertz CT molecular complexity index is 1480. The summed E-state index contributed by atoms with van der Waals surface area (Å²) in [5, 5.41) is 3.09. The average Bonchev–Trinajstić information content (AvgIpc) is 2.78. The number of pyridine rings is 1. The lowest BCUT2D eigenvalue weighted by molar-refractivity contribution is -0.119. The summed E-state index contributed by atoms with van der Waals surface area (Å²) in [6, 6.07) is 8.84.